The van der Waals surface area contributed by atoms with Crippen LogP contribution in [0.1, 0.15) is 38.5 Å². The van der Waals surface area contributed by atoms with E-state index in [0.717, 1.165) is 5.92 Å². The molecule has 0 aromatic rings. The summed E-state index contributed by atoms with van der Waals surface area (Å²) in [5.41, 5.74) is 0. The quantitative estimate of drug-likeness (QED) is 0.603. The Kier molecular flexibility index (Phi) is 3.92. The Labute approximate surface area is 70.8 Å². The minimum absolute atomic E-state index is 1.08. The van der Waals surface area contributed by atoms with Gasteiger partial charge in [0.2, 0.25) is 0 Å². The van der Waals surface area contributed by atoms with E-state index in [1.165, 1.54) is 45.1 Å². The molecule has 1 aliphatic rings. The van der Waals surface area contributed by atoms with Crippen molar-refractivity contribution >= 4 is 0 Å². The van der Waals surface area contributed by atoms with Crippen LogP contribution in [0.15, 0.2) is 0 Å². The summed E-state index contributed by atoms with van der Waals surface area (Å²) in [7, 11) is 4.32. The molecule has 0 unspecified atom stereocenters. The highest BCUT2D eigenvalue weighted by atomic mass is 15.0. The molecule has 1 heteroatoms. The van der Waals surface area contributed by atoms with Crippen molar-refractivity contribution in [1.82, 2.24) is 4.90 Å². The Morgan fingerprint density at radius 1 is 1.18 bits per heavy atom. The molecule has 0 aliphatic heterocycles. The van der Waals surface area contributed by atoms with E-state index >= 15 is 0 Å². The van der Waals surface area contributed by atoms with Gasteiger partial charge in [-0.25, -0.2) is 0 Å². The highest BCUT2D eigenvalue weighted by molar-refractivity contribution is 4.67. The summed E-state index contributed by atoms with van der Waals surface area (Å²) >= 11 is 0. The molecule has 1 saturated carbocycles. The smallest absolute Gasteiger partial charge is 0.00247 e. The van der Waals surface area contributed by atoms with Crippen molar-refractivity contribution in [2.45, 2.75) is 38.5 Å². The molecule has 0 aromatic carbocycles. The Morgan fingerprint density at radius 2 is 1.82 bits per heavy atom. The lowest BCUT2D eigenvalue weighted by Crippen LogP contribution is -2.13. The predicted octanol–water partition coefficient (Wildman–Crippen LogP) is 2.52. The Bertz CT molecular complexity index is 93.0. The van der Waals surface area contributed by atoms with Crippen molar-refractivity contribution < 1.29 is 0 Å². The second kappa shape index (κ2) is 4.76. The molecule has 1 rings (SSSR count). The minimum atomic E-state index is 1.08. The van der Waals surface area contributed by atoms with Crippen molar-refractivity contribution in [2.75, 3.05) is 20.6 Å². The number of rotatable bonds is 4. The molecule has 0 heterocycles. The van der Waals surface area contributed by atoms with Crippen LogP contribution in [0.5, 0.6) is 0 Å². The molecule has 0 N–H and O–H groups in total. The monoisotopic (exact) mass is 155 g/mol. The molecule has 0 saturated heterocycles. The van der Waals surface area contributed by atoms with Crippen molar-refractivity contribution in [3.8, 4) is 0 Å². The van der Waals surface area contributed by atoms with Gasteiger partial charge in [0.05, 0.1) is 0 Å². The summed E-state index contributed by atoms with van der Waals surface area (Å²) in [6.45, 7) is 1.27. The van der Waals surface area contributed by atoms with Crippen molar-refractivity contribution in [3.05, 3.63) is 0 Å². The lowest BCUT2D eigenvalue weighted by molar-refractivity contribution is 0.367. The maximum atomic E-state index is 2.29. The van der Waals surface area contributed by atoms with Crippen LogP contribution in [0.3, 0.4) is 0 Å². The molecular formula is C10H21N. The van der Waals surface area contributed by atoms with E-state index in [-0.39, 0.29) is 0 Å². The molecule has 0 spiro atoms. The highest BCUT2D eigenvalue weighted by Crippen LogP contribution is 2.28. The molecule has 0 radical (unpaired) electrons. The van der Waals surface area contributed by atoms with Gasteiger partial charge in [0.25, 0.3) is 0 Å². The fraction of sp³-hybridized carbons (Fsp3) is 1.00. The van der Waals surface area contributed by atoms with E-state index in [0.29, 0.717) is 0 Å². The van der Waals surface area contributed by atoms with E-state index in [4.69, 9.17) is 0 Å². The van der Waals surface area contributed by atoms with Crippen LogP contribution in [-0.4, -0.2) is 25.5 Å². The molecule has 1 fully saturated rings. The van der Waals surface area contributed by atoms with Gasteiger partial charge in [-0.1, -0.05) is 25.7 Å². The van der Waals surface area contributed by atoms with Crippen LogP contribution in [0.4, 0.5) is 0 Å². The summed E-state index contributed by atoms with van der Waals surface area (Å²) in [5.74, 6) is 1.08. The Morgan fingerprint density at radius 3 is 2.36 bits per heavy atom. The molecular weight excluding hydrogens is 134 g/mol. The minimum Gasteiger partial charge on any atom is -0.309 e. The highest BCUT2D eigenvalue weighted by Gasteiger charge is 2.13. The van der Waals surface area contributed by atoms with E-state index < -0.39 is 0 Å². The first-order valence-corrected chi connectivity index (χ1v) is 4.94. The van der Waals surface area contributed by atoms with Crippen LogP contribution in [0, 0.1) is 5.92 Å². The van der Waals surface area contributed by atoms with Crippen molar-refractivity contribution in [1.29, 1.82) is 0 Å². The maximum Gasteiger partial charge on any atom is -0.00247 e. The van der Waals surface area contributed by atoms with Crippen LogP contribution < -0.4 is 0 Å². The summed E-state index contributed by atoms with van der Waals surface area (Å²) in [5, 5.41) is 0. The molecule has 0 amide bonds. The second-order valence-corrected chi connectivity index (χ2v) is 4.10. The third-order valence-corrected chi connectivity index (χ3v) is 2.69. The van der Waals surface area contributed by atoms with Crippen LogP contribution in [-0.2, 0) is 0 Å². The van der Waals surface area contributed by atoms with Gasteiger partial charge in [-0.15, -0.1) is 0 Å². The first-order chi connectivity index (χ1) is 5.29. The van der Waals surface area contributed by atoms with E-state index in [1.54, 1.807) is 0 Å². The first kappa shape index (κ1) is 9.05. The van der Waals surface area contributed by atoms with Crippen LogP contribution >= 0.6 is 0 Å². The predicted molar refractivity (Wildman–Crippen MR) is 49.7 cm³/mol. The van der Waals surface area contributed by atoms with Crippen LogP contribution in [0.2, 0.25) is 0 Å². The first-order valence-electron chi connectivity index (χ1n) is 4.94. The summed E-state index contributed by atoms with van der Waals surface area (Å²) in [6, 6.07) is 0. The SMILES string of the molecule is CN(C)CCCC1CCCC1. The molecule has 11 heavy (non-hydrogen) atoms. The summed E-state index contributed by atoms with van der Waals surface area (Å²) in [6.07, 6.45) is 8.87. The van der Waals surface area contributed by atoms with Gasteiger partial charge in [-0.2, -0.15) is 0 Å². The van der Waals surface area contributed by atoms with Gasteiger partial charge in [0.15, 0.2) is 0 Å². The molecule has 1 aliphatic carbocycles. The fourth-order valence-electron chi connectivity index (χ4n) is 2.00. The van der Waals surface area contributed by atoms with Gasteiger partial charge in [-0.3, -0.25) is 0 Å². The van der Waals surface area contributed by atoms with Crippen LogP contribution in [0.25, 0.3) is 0 Å². The fourth-order valence-corrected chi connectivity index (χ4v) is 2.00. The zero-order valence-corrected chi connectivity index (χ0v) is 7.97. The van der Waals surface area contributed by atoms with Crippen molar-refractivity contribution in [3.63, 3.8) is 0 Å². The van der Waals surface area contributed by atoms with E-state index in [1.807, 2.05) is 0 Å². The number of hydrogen-bond donors (Lipinski definition) is 0. The lowest BCUT2D eigenvalue weighted by atomic mass is 10.0. The Balaban J connectivity index is 1.94. The standard InChI is InChI=1S/C10H21N/c1-11(2)9-5-8-10-6-3-4-7-10/h10H,3-9H2,1-2H3. The van der Waals surface area contributed by atoms with E-state index in [2.05, 4.69) is 19.0 Å². The zero-order valence-electron chi connectivity index (χ0n) is 7.97. The normalized spacial score (nSPS) is 19.9. The maximum absolute atomic E-state index is 2.29. The van der Waals surface area contributed by atoms with Crippen molar-refractivity contribution in [2.24, 2.45) is 5.92 Å². The molecule has 0 bridgehead atoms. The molecule has 0 aromatic heterocycles. The van der Waals surface area contributed by atoms with Gasteiger partial charge in [-0.05, 0) is 39.4 Å². The molecule has 66 valence electrons. The average molecular weight is 155 g/mol. The van der Waals surface area contributed by atoms with Gasteiger partial charge >= 0.3 is 0 Å². The topological polar surface area (TPSA) is 3.24 Å². The lowest BCUT2D eigenvalue weighted by Gasteiger charge is -2.11. The summed E-state index contributed by atoms with van der Waals surface area (Å²) in [4.78, 5) is 2.29. The number of hydrogen-bond acceptors (Lipinski definition) is 1. The Hall–Kier alpha value is -0.0400. The third-order valence-electron chi connectivity index (χ3n) is 2.69. The van der Waals surface area contributed by atoms with Gasteiger partial charge < -0.3 is 4.90 Å². The average Bonchev–Trinajstić information content (AvgIpc) is 2.39. The molecule has 0 atom stereocenters. The molecule has 1 nitrogen and oxygen atoms in total. The zero-order chi connectivity index (χ0) is 8.10. The second-order valence-electron chi connectivity index (χ2n) is 4.10. The van der Waals surface area contributed by atoms with Gasteiger partial charge in [0.1, 0.15) is 0 Å². The largest absolute Gasteiger partial charge is 0.309 e. The van der Waals surface area contributed by atoms with E-state index in [9.17, 15) is 0 Å². The summed E-state index contributed by atoms with van der Waals surface area (Å²) < 4.78 is 0. The van der Waals surface area contributed by atoms with Gasteiger partial charge in [0, 0.05) is 0 Å². The number of nitrogens with zero attached hydrogens (tertiary/aromatic N) is 1. The third kappa shape index (κ3) is 3.76.